The van der Waals surface area contributed by atoms with E-state index in [-0.39, 0.29) is 0 Å². The largest absolute Gasteiger partial charge is 0.309 e. The van der Waals surface area contributed by atoms with E-state index in [1.54, 1.807) is 11.3 Å². The highest BCUT2D eigenvalue weighted by atomic mass is 32.1. The van der Waals surface area contributed by atoms with Crippen molar-refractivity contribution in [3.63, 3.8) is 0 Å². The molecule has 0 aliphatic heterocycles. The number of fused-ring (bicyclic) bond motifs is 13. The van der Waals surface area contributed by atoms with E-state index in [0.29, 0.717) is 17.6 Å². The summed E-state index contributed by atoms with van der Waals surface area (Å²) < 4.78 is 9.55. The van der Waals surface area contributed by atoms with Gasteiger partial charge in [0.2, 0.25) is 5.95 Å². The first-order valence-corrected chi connectivity index (χ1v) is 24.4. The van der Waals surface area contributed by atoms with Crippen LogP contribution in [0.1, 0.15) is 0 Å². The Bertz CT molecular complexity index is 4540. The normalized spacial score (nSPS) is 12.0. The highest BCUT2D eigenvalue weighted by Crippen LogP contribution is 2.44. The Hall–Kier alpha value is -9.17. The summed E-state index contributed by atoms with van der Waals surface area (Å²) in [4.78, 5) is 16.3. The van der Waals surface area contributed by atoms with E-state index in [0.717, 1.165) is 81.9 Å². The molecule has 7 heteroatoms. The van der Waals surface area contributed by atoms with E-state index < -0.39 is 0 Å². The van der Waals surface area contributed by atoms with Crippen LogP contribution in [-0.2, 0) is 0 Å². The molecular weight excluding hydrogens is 873 g/mol. The second-order valence-electron chi connectivity index (χ2n) is 18.0. The zero-order chi connectivity index (χ0) is 45.9. The molecule has 0 unspecified atom stereocenters. The fourth-order valence-corrected chi connectivity index (χ4v) is 12.2. The van der Waals surface area contributed by atoms with Gasteiger partial charge in [-0.3, -0.25) is 4.57 Å². The molecule has 70 heavy (non-hydrogen) atoms. The third-order valence-corrected chi connectivity index (χ3v) is 15.3. The summed E-state index contributed by atoms with van der Waals surface area (Å²) in [5.74, 6) is 1.80. The van der Waals surface area contributed by atoms with Gasteiger partial charge in [0.25, 0.3) is 0 Å². The summed E-state index contributed by atoms with van der Waals surface area (Å²) in [6, 6.07) is 82.7. The summed E-state index contributed by atoms with van der Waals surface area (Å²) >= 11 is 1.79. The van der Waals surface area contributed by atoms with Gasteiger partial charge in [-0.25, -0.2) is 4.98 Å². The van der Waals surface area contributed by atoms with Gasteiger partial charge in [0, 0.05) is 75.0 Å². The smallest absolute Gasteiger partial charge is 0.238 e. The topological polar surface area (TPSA) is 53.5 Å². The van der Waals surface area contributed by atoms with Crippen molar-refractivity contribution in [1.29, 1.82) is 0 Å². The minimum absolute atomic E-state index is 0.557. The predicted molar refractivity (Wildman–Crippen MR) is 292 cm³/mol. The van der Waals surface area contributed by atoms with Crippen molar-refractivity contribution < 1.29 is 0 Å². The van der Waals surface area contributed by atoms with Gasteiger partial charge in [0.15, 0.2) is 11.6 Å². The minimum atomic E-state index is 0.557. The molecule has 0 aliphatic carbocycles. The van der Waals surface area contributed by atoms with Gasteiger partial charge < -0.3 is 9.13 Å². The number of hydrogen-bond acceptors (Lipinski definition) is 4. The van der Waals surface area contributed by atoms with Crippen molar-refractivity contribution >= 4 is 96.9 Å². The van der Waals surface area contributed by atoms with Crippen molar-refractivity contribution in [3.05, 3.63) is 231 Å². The van der Waals surface area contributed by atoms with Gasteiger partial charge in [-0.05, 0) is 71.8 Å². The molecule has 15 rings (SSSR count). The van der Waals surface area contributed by atoms with Crippen molar-refractivity contribution in [2.75, 3.05) is 0 Å². The van der Waals surface area contributed by atoms with Crippen LogP contribution in [0.3, 0.4) is 0 Å². The number of para-hydroxylation sites is 3. The number of hydrogen-bond donors (Lipinski definition) is 0. The molecule has 5 aromatic heterocycles. The maximum atomic E-state index is 5.55. The zero-order valence-corrected chi connectivity index (χ0v) is 38.3. The molecule has 0 bridgehead atoms. The third kappa shape index (κ3) is 5.76. The Morgan fingerprint density at radius 3 is 1.57 bits per heavy atom. The highest BCUT2D eigenvalue weighted by molar-refractivity contribution is 7.26. The third-order valence-electron chi connectivity index (χ3n) is 14.1. The van der Waals surface area contributed by atoms with E-state index in [9.17, 15) is 0 Å². The number of nitrogens with zero attached hydrogens (tertiary/aromatic N) is 6. The van der Waals surface area contributed by atoms with Crippen LogP contribution in [0.2, 0.25) is 0 Å². The lowest BCUT2D eigenvalue weighted by Gasteiger charge is -2.14. The number of benzene rings is 10. The van der Waals surface area contributed by atoms with Crippen LogP contribution in [0.15, 0.2) is 231 Å². The molecule has 5 heterocycles. The molecule has 0 N–H and O–H groups in total. The van der Waals surface area contributed by atoms with E-state index in [2.05, 4.69) is 226 Å². The molecule has 0 radical (unpaired) electrons. The minimum Gasteiger partial charge on any atom is -0.309 e. The number of aromatic nitrogens is 6. The molecule has 6 nitrogen and oxygen atoms in total. The number of thiophene rings is 1. The first-order valence-electron chi connectivity index (χ1n) is 23.6. The van der Waals surface area contributed by atoms with Crippen LogP contribution in [-0.4, -0.2) is 28.7 Å². The van der Waals surface area contributed by atoms with Gasteiger partial charge in [0.1, 0.15) is 0 Å². The zero-order valence-electron chi connectivity index (χ0n) is 37.5. The standard InChI is InChI=1S/C63H38N6S/c1-3-17-39(18-4-1)41-21-15-22-42(37-41)68-56-36-33-43(67-53-29-11-7-23-44(53)45-24-8-12-30-54(45)67)38-52(56)49-35-34-48-46-25-9-13-31-55(46)69(59(48)58(49)68)63-65-61(40-19-5-2-6-20-40)64-62(66-63)51-28-16-27-50-47-26-10-14-32-57(47)70-60(50)51/h1-38H. The van der Waals surface area contributed by atoms with Crippen LogP contribution >= 0.6 is 11.3 Å². The molecule has 0 atom stereocenters. The highest BCUT2D eigenvalue weighted by Gasteiger charge is 2.25. The predicted octanol–water partition coefficient (Wildman–Crippen LogP) is 16.5. The Labute approximate surface area is 405 Å². The molecule has 10 aromatic carbocycles. The SMILES string of the molecule is c1ccc(-c2cccc(-n3c4ccc(-n5c6ccccc6c6ccccc65)cc4c4ccc5c6ccccc6n(-c6nc(-c7ccccc7)nc(-c7cccc8c7sc7ccccc78)n6)c5c43)c2)cc1. The van der Waals surface area contributed by atoms with Gasteiger partial charge in [0.05, 0.1) is 33.1 Å². The monoisotopic (exact) mass is 910 g/mol. The summed E-state index contributed by atoms with van der Waals surface area (Å²) in [6.45, 7) is 0. The van der Waals surface area contributed by atoms with Gasteiger partial charge in [-0.2, -0.15) is 9.97 Å². The maximum absolute atomic E-state index is 5.55. The molecule has 15 aromatic rings. The molecule has 326 valence electrons. The maximum Gasteiger partial charge on any atom is 0.238 e. The fraction of sp³-hybridized carbons (Fsp3) is 0. The molecule has 0 spiro atoms. The fourth-order valence-electron chi connectivity index (χ4n) is 11.0. The van der Waals surface area contributed by atoms with E-state index in [1.807, 2.05) is 18.2 Å². The molecule has 0 saturated heterocycles. The van der Waals surface area contributed by atoms with Crippen molar-refractivity contribution in [2.24, 2.45) is 0 Å². The van der Waals surface area contributed by atoms with Crippen molar-refractivity contribution in [3.8, 4) is 51.2 Å². The van der Waals surface area contributed by atoms with Crippen LogP contribution in [0, 0.1) is 0 Å². The first-order chi connectivity index (χ1) is 34.7. The second-order valence-corrected chi connectivity index (χ2v) is 19.0. The van der Waals surface area contributed by atoms with Crippen molar-refractivity contribution in [2.45, 2.75) is 0 Å². The molecule has 0 saturated carbocycles. The Morgan fingerprint density at radius 1 is 0.300 bits per heavy atom. The van der Waals surface area contributed by atoms with Crippen LogP contribution in [0.25, 0.3) is 137 Å². The average molecular weight is 911 g/mol. The van der Waals surface area contributed by atoms with Gasteiger partial charge >= 0.3 is 0 Å². The second kappa shape index (κ2) is 15.2. The van der Waals surface area contributed by atoms with Crippen LogP contribution in [0.5, 0.6) is 0 Å². The summed E-state index contributed by atoms with van der Waals surface area (Å²) in [5, 5.41) is 9.42. The Morgan fingerprint density at radius 2 is 0.829 bits per heavy atom. The molecule has 0 amide bonds. The Kier molecular flexibility index (Phi) is 8.43. The lowest BCUT2D eigenvalue weighted by molar-refractivity contribution is 0.954. The first kappa shape index (κ1) is 38.9. The van der Waals surface area contributed by atoms with Gasteiger partial charge in [-0.15, -0.1) is 11.3 Å². The van der Waals surface area contributed by atoms with E-state index >= 15 is 0 Å². The summed E-state index contributed by atoms with van der Waals surface area (Å²) in [5.41, 5.74) is 13.0. The Balaban J connectivity index is 1.07. The quantitative estimate of drug-likeness (QED) is 0.167. The van der Waals surface area contributed by atoms with Crippen molar-refractivity contribution in [1.82, 2.24) is 28.7 Å². The molecular formula is C63H38N6S. The van der Waals surface area contributed by atoms with Crippen LogP contribution < -0.4 is 0 Å². The molecule has 0 fully saturated rings. The van der Waals surface area contributed by atoms with Crippen LogP contribution in [0.4, 0.5) is 0 Å². The van der Waals surface area contributed by atoms with Gasteiger partial charge in [-0.1, -0.05) is 170 Å². The number of rotatable bonds is 6. The summed E-state index contributed by atoms with van der Waals surface area (Å²) in [7, 11) is 0. The lowest BCUT2D eigenvalue weighted by atomic mass is 10.1. The van der Waals surface area contributed by atoms with E-state index in [4.69, 9.17) is 15.0 Å². The lowest BCUT2D eigenvalue weighted by Crippen LogP contribution is -2.07. The van der Waals surface area contributed by atoms with E-state index in [1.165, 1.54) is 37.3 Å². The molecule has 0 aliphatic rings. The average Bonchev–Trinajstić information content (AvgIpc) is 4.18. The summed E-state index contributed by atoms with van der Waals surface area (Å²) in [6.07, 6.45) is 0.